The van der Waals surface area contributed by atoms with Crippen molar-refractivity contribution in [2.75, 3.05) is 13.1 Å². The van der Waals surface area contributed by atoms with Gasteiger partial charge in [0.25, 0.3) is 0 Å². The topological polar surface area (TPSA) is 46.3 Å². The number of hydrogen-bond donors (Lipinski definition) is 1. The molecule has 13 heavy (non-hydrogen) atoms. The Labute approximate surface area is 80.3 Å². The Balaban J connectivity index is 2.35. The third-order valence-corrected chi connectivity index (χ3v) is 2.83. The molecule has 0 radical (unpaired) electrons. The van der Waals surface area contributed by atoms with Crippen LogP contribution in [0, 0.1) is 5.92 Å². The van der Waals surface area contributed by atoms with Gasteiger partial charge in [0, 0.05) is 19.0 Å². The van der Waals surface area contributed by atoms with Gasteiger partial charge in [-0.05, 0) is 25.3 Å². The molecule has 0 bridgehead atoms. The Morgan fingerprint density at radius 2 is 2.31 bits per heavy atom. The van der Waals surface area contributed by atoms with Gasteiger partial charge in [0.05, 0.1) is 0 Å². The Kier molecular flexibility index (Phi) is 3.72. The van der Waals surface area contributed by atoms with Crippen molar-refractivity contribution in [1.29, 1.82) is 0 Å². The molecule has 1 rings (SSSR count). The molecule has 1 saturated heterocycles. The fourth-order valence-electron chi connectivity index (χ4n) is 2.14. The molecule has 1 fully saturated rings. The standard InChI is InChI=1S/C10H20N2O/c1-8(2)9-4-3-6-12(9)7-5-10(11)13/h8-9H,3-7H2,1-2H3,(H2,11,13). The summed E-state index contributed by atoms with van der Waals surface area (Å²) in [5, 5.41) is 0. The van der Waals surface area contributed by atoms with Crippen molar-refractivity contribution in [3.63, 3.8) is 0 Å². The summed E-state index contributed by atoms with van der Waals surface area (Å²) in [6.07, 6.45) is 3.04. The molecule has 1 amide bonds. The summed E-state index contributed by atoms with van der Waals surface area (Å²) >= 11 is 0. The third kappa shape index (κ3) is 2.99. The predicted octanol–water partition coefficient (Wildman–Crippen LogP) is 0.982. The highest BCUT2D eigenvalue weighted by atomic mass is 16.1. The van der Waals surface area contributed by atoms with Crippen molar-refractivity contribution >= 4 is 5.91 Å². The van der Waals surface area contributed by atoms with Crippen LogP contribution in [0.3, 0.4) is 0 Å². The van der Waals surface area contributed by atoms with E-state index in [-0.39, 0.29) is 5.91 Å². The number of likely N-dealkylation sites (tertiary alicyclic amines) is 1. The summed E-state index contributed by atoms with van der Waals surface area (Å²) in [6, 6.07) is 0.666. The Morgan fingerprint density at radius 1 is 1.62 bits per heavy atom. The quantitative estimate of drug-likeness (QED) is 0.708. The van der Waals surface area contributed by atoms with Gasteiger partial charge in [0.1, 0.15) is 0 Å². The summed E-state index contributed by atoms with van der Waals surface area (Å²) in [6.45, 7) is 6.47. The minimum Gasteiger partial charge on any atom is -0.370 e. The zero-order valence-corrected chi connectivity index (χ0v) is 8.62. The lowest BCUT2D eigenvalue weighted by Gasteiger charge is -2.26. The molecule has 0 spiro atoms. The second-order valence-electron chi connectivity index (χ2n) is 4.21. The monoisotopic (exact) mass is 184 g/mol. The molecule has 0 aliphatic carbocycles. The number of primary amides is 1. The first-order valence-corrected chi connectivity index (χ1v) is 5.13. The van der Waals surface area contributed by atoms with E-state index < -0.39 is 0 Å². The summed E-state index contributed by atoms with van der Waals surface area (Å²) in [5.74, 6) is 0.504. The van der Waals surface area contributed by atoms with Gasteiger partial charge in [-0.15, -0.1) is 0 Å². The van der Waals surface area contributed by atoms with E-state index in [9.17, 15) is 4.79 Å². The molecule has 1 heterocycles. The summed E-state index contributed by atoms with van der Waals surface area (Å²) in [7, 11) is 0. The highest BCUT2D eigenvalue weighted by Gasteiger charge is 2.26. The van der Waals surface area contributed by atoms with E-state index in [4.69, 9.17) is 5.73 Å². The van der Waals surface area contributed by atoms with Crippen LogP contribution in [-0.2, 0) is 4.79 Å². The van der Waals surface area contributed by atoms with Crippen LogP contribution in [0.5, 0.6) is 0 Å². The van der Waals surface area contributed by atoms with Gasteiger partial charge < -0.3 is 5.73 Å². The van der Waals surface area contributed by atoms with Crippen molar-refractivity contribution in [2.24, 2.45) is 11.7 Å². The number of carbonyl (C=O) groups excluding carboxylic acids is 1. The first-order chi connectivity index (χ1) is 6.11. The molecule has 76 valence electrons. The smallest absolute Gasteiger partial charge is 0.218 e. The van der Waals surface area contributed by atoms with Crippen LogP contribution < -0.4 is 5.73 Å². The highest BCUT2D eigenvalue weighted by molar-refractivity contribution is 5.73. The predicted molar refractivity (Wildman–Crippen MR) is 53.2 cm³/mol. The Morgan fingerprint density at radius 3 is 2.85 bits per heavy atom. The van der Waals surface area contributed by atoms with Gasteiger partial charge >= 0.3 is 0 Å². The molecule has 0 aromatic rings. The lowest BCUT2D eigenvalue weighted by Crippen LogP contribution is -2.35. The zero-order valence-electron chi connectivity index (χ0n) is 8.62. The van der Waals surface area contributed by atoms with Gasteiger partial charge in [-0.2, -0.15) is 0 Å². The molecule has 3 heteroatoms. The number of amides is 1. The second-order valence-corrected chi connectivity index (χ2v) is 4.21. The summed E-state index contributed by atoms with van der Waals surface area (Å²) in [4.78, 5) is 13.0. The first-order valence-electron chi connectivity index (χ1n) is 5.13. The van der Waals surface area contributed by atoms with Crippen LogP contribution in [0.15, 0.2) is 0 Å². The van der Waals surface area contributed by atoms with Crippen molar-refractivity contribution in [2.45, 2.75) is 39.2 Å². The number of hydrogen-bond acceptors (Lipinski definition) is 2. The molecule has 0 aromatic carbocycles. The number of nitrogens with zero attached hydrogens (tertiary/aromatic N) is 1. The highest BCUT2D eigenvalue weighted by Crippen LogP contribution is 2.23. The minimum atomic E-state index is -0.186. The normalized spacial score (nSPS) is 24.1. The Bertz CT molecular complexity index is 180. The van der Waals surface area contributed by atoms with E-state index in [0.717, 1.165) is 13.1 Å². The van der Waals surface area contributed by atoms with Crippen LogP contribution in [-0.4, -0.2) is 29.9 Å². The van der Waals surface area contributed by atoms with E-state index in [1.807, 2.05) is 0 Å². The van der Waals surface area contributed by atoms with Crippen molar-refractivity contribution in [3.8, 4) is 0 Å². The maximum Gasteiger partial charge on any atom is 0.218 e. The van der Waals surface area contributed by atoms with Gasteiger partial charge in [-0.25, -0.2) is 0 Å². The molecular formula is C10H20N2O. The molecule has 1 atom stereocenters. The van der Waals surface area contributed by atoms with Gasteiger partial charge in [0.15, 0.2) is 0 Å². The lowest BCUT2D eigenvalue weighted by atomic mass is 10.0. The molecule has 0 saturated carbocycles. The molecule has 3 nitrogen and oxygen atoms in total. The number of rotatable bonds is 4. The van der Waals surface area contributed by atoms with Crippen molar-refractivity contribution in [1.82, 2.24) is 4.90 Å². The number of nitrogens with two attached hydrogens (primary N) is 1. The molecule has 1 aliphatic heterocycles. The van der Waals surface area contributed by atoms with E-state index in [1.165, 1.54) is 12.8 Å². The fraction of sp³-hybridized carbons (Fsp3) is 0.900. The molecule has 1 unspecified atom stereocenters. The fourth-order valence-corrected chi connectivity index (χ4v) is 2.14. The van der Waals surface area contributed by atoms with Crippen LogP contribution in [0.25, 0.3) is 0 Å². The first kappa shape index (κ1) is 10.5. The van der Waals surface area contributed by atoms with E-state index in [2.05, 4.69) is 18.7 Å². The lowest BCUT2D eigenvalue weighted by molar-refractivity contribution is -0.118. The number of carbonyl (C=O) groups is 1. The van der Waals surface area contributed by atoms with Gasteiger partial charge in [-0.3, -0.25) is 9.69 Å². The average Bonchev–Trinajstić information content (AvgIpc) is 2.47. The summed E-state index contributed by atoms with van der Waals surface area (Å²) in [5.41, 5.74) is 5.13. The zero-order chi connectivity index (χ0) is 9.84. The maximum atomic E-state index is 10.6. The van der Waals surface area contributed by atoms with E-state index in [1.54, 1.807) is 0 Å². The van der Waals surface area contributed by atoms with Crippen LogP contribution in [0.2, 0.25) is 0 Å². The van der Waals surface area contributed by atoms with Crippen LogP contribution >= 0.6 is 0 Å². The van der Waals surface area contributed by atoms with Crippen LogP contribution in [0.1, 0.15) is 33.1 Å². The third-order valence-electron chi connectivity index (χ3n) is 2.83. The summed E-state index contributed by atoms with van der Waals surface area (Å²) < 4.78 is 0. The van der Waals surface area contributed by atoms with Crippen molar-refractivity contribution in [3.05, 3.63) is 0 Å². The minimum absolute atomic E-state index is 0.186. The van der Waals surface area contributed by atoms with Gasteiger partial charge in [-0.1, -0.05) is 13.8 Å². The largest absolute Gasteiger partial charge is 0.370 e. The molecule has 1 aliphatic rings. The second kappa shape index (κ2) is 4.61. The van der Waals surface area contributed by atoms with Gasteiger partial charge in [0.2, 0.25) is 5.91 Å². The maximum absolute atomic E-state index is 10.6. The van der Waals surface area contributed by atoms with E-state index in [0.29, 0.717) is 18.4 Å². The molecular weight excluding hydrogens is 164 g/mol. The SMILES string of the molecule is CC(C)C1CCCN1CCC(N)=O. The Hall–Kier alpha value is -0.570. The molecule has 0 aromatic heterocycles. The van der Waals surface area contributed by atoms with Crippen LogP contribution in [0.4, 0.5) is 0 Å². The average molecular weight is 184 g/mol. The van der Waals surface area contributed by atoms with E-state index >= 15 is 0 Å². The van der Waals surface area contributed by atoms with Crippen molar-refractivity contribution < 1.29 is 4.79 Å². The molecule has 2 N–H and O–H groups in total.